The minimum atomic E-state index is -3.69. The third kappa shape index (κ3) is 3.84. The van der Waals surface area contributed by atoms with Crippen molar-refractivity contribution in [1.29, 1.82) is 0 Å². The molecule has 0 saturated carbocycles. The van der Waals surface area contributed by atoms with E-state index in [2.05, 4.69) is 0 Å². The van der Waals surface area contributed by atoms with Crippen LogP contribution in [0.5, 0.6) is 0 Å². The Labute approximate surface area is 175 Å². The molecule has 0 amide bonds. The van der Waals surface area contributed by atoms with Gasteiger partial charge in [0.2, 0.25) is 10.0 Å². The topological polar surface area (TPSA) is 94.9 Å². The molecule has 1 saturated heterocycles. The molecule has 30 heavy (non-hydrogen) atoms. The zero-order chi connectivity index (χ0) is 21.4. The first-order valence-electron chi connectivity index (χ1n) is 9.81. The number of hydrogen-bond donors (Lipinski definition) is 2. The summed E-state index contributed by atoms with van der Waals surface area (Å²) in [6.07, 6.45) is 0.227. The van der Waals surface area contributed by atoms with Crippen LogP contribution >= 0.6 is 0 Å². The van der Waals surface area contributed by atoms with Crippen LogP contribution in [0.4, 0.5) is 0 Å². The Hall–Kier alpha value is -2.74. The molecule has 1 heterocycles. The number of sulfonamides is 1. The van der Waals surface area contributed by atoms with Crippen LogP contribution < -0.4 is 0 Å². The van der Waals surface area contributed by atoms with Gasteiger partial charge in [0, 0.05) is 13.1 Å². The molecule has 0 aromatic heterocycles. The van der Waals surface area contributed by atoms with E-state index < -0.39 is 21.6 Å². The quantitative estimate of drug-likeness (QED) is 0.655. The number of rotatable bonds is 5. The van der Waals surface area contributed by atoms with Crippen LogP contribution in [0, 0.1) is 0 Å². The van der Waals surface area contributed by atoms with E-state index in [1.165, 1.54) is 4.31 Å². The number of carbonyl (C=O) groups is 1. The highest BCUT2D eigenvalue weighted by molar-refractivity contribution is 7.89. The van der Waals surface area contributed by atoms with Gasteiger partial charge in [-0.15, -0.1) is 0 Å². The van der Waals surface area contributed by atoms with Crippen LogP contribution in [0.15, 0.2) is 71.6 Å². The SMILES string of the molecule is O=C(O)Cc1ccccc1C1(O)CCN(S(=O)(=O)c2ccc3ccccc3c2)CC1. The maximum Gasteiger partial charge on any atom is 0.307 e. The Morgan fingerprint density at radius 2 is 1.57 bits per heavy atom. The standard InChI is InChI=1S/C23H23NO5S/c25-22(26)16-19-7-3-4-8-21(19)23(27)11-13-24(14-12-23)30(28,29)20-10-9-17-5-1-2-6-18(17)15-20/h1-10,15,27H,11-14,16H2,(H,25,26). The molecule has 1 aliphatic heterocycles. The number of carboxylic acid groups (broad SMARTS) is 1. The van der Waals surface area contributed by atoms with Crippen molar-refractivity contribution in [3.05, 3.63) is 77.9 Å². The highest BCUT2D eigenvalue weighted by Crippen LogP contribution is 2.37. The summed E-state index contributed by atoms with van der Waals surface area (Å²) in [5.41, 5.74) is -0.130. The molecule has 0 spiro atoms. The number of nitrogens with zero attached hydrogens (tertiary/aromatic N) is 1. The molecule has 6 nitrogen and oxygen atoms in total. The number of piperidine rings is 1. The van der Waals surface area contributed by atoms with E-state index in [4.69, 9.17) is 5.11 Å². The molecule has 1 aliphatic rings. The van der Waals surface area contributed by atoms with Crippen molar-refractivity contribution in [3.8, 4) is 0 Å². The smallest absolute Gasteiger partial charge is 0.307 e. The Morgan fingerprint density at radius 3 is 2.27 bits per heavy atom. The van der Waals surface area contributed by atoms with E-state index in [-0.39, 0.29) is 37.2 Å². The fraction of sp³-hybridized carbons (Fsp3) is 0.261. The van der Waals surface area contributed by atoms with Gasteiger partial charge in [-0.1, -0.05) is 54.6 Å². The number of hydrogen-bond acceptors (Lipinski definition) is 4. The van der Waals surface area contributed by atoms with Gasteiger partial charge >= 0.3 is 5.97 Å². The van der Waals surface area contributed by atoms with E-state index in [1.807, 2.05) is 24.3 Å². The van der Waals surface area contributed by atoms with E-state index in [1.54, 1.807) is 42.5 Å². The number of benzene rings is 3. The molecule has 1 fully saturated rings. The molecule has 0 bridgehead atoms. The monoisotopic (exact) mass is 425 g/mol. The fourth-order valence-corrected chi connectivity index (χ4v) is 5.61. The lowest BCUT2D eigenvalue weighted by Gasteiger charge is -2.38. The number of fused-ring (bicyclic) bond motifs is 1. The van der Waals surface area contributed by atoms with Crippen molar-refractivity contribution in [2.75, 3.05) is 13.1 Å². The first-order chi connectivity index (χ1) is 14.3. The summed E-state index contributed by atoms with van der Waals surface area (Å²) < 4.78 is 27.7. The number of aliphatic carboxylic acids is 1. The Bertz CT molecular complexity index is 1200. The molecule has 7 heteroatoms. The lowest BCUT2D eigenvalue weighted by Crippen LogP contribution is -2.45. The Balaban J connectivity index is 1.57. The third-order valence-electron chi connectivity index (χ3n) is 5.77. The van der Waals surface area contributed by atoms with E-state index in [0.29, 0.717) is 11.1 Å². The molecule has 0 atom stereocenters. The Morgan fingerprint density at radius 1 is 0.933 bits per heavy atom. The van der Waals surface area contributed by atoms with E-state index in [0.717, 1.165) is 10.8 Å². The fourth-order valence-electron chi connectivity index (χ4n) is 4.13. The van der Waals surface area contributed by atoms with Gasteiger partial charge in [0.05, 0.1) is 16.9 Å². The molecular formula is C23H23NO5S. The highest BCUT2D eigenvalue weighted by atomic mass is 32.2. The van der Waals surface area contributed by atoms with Crippen LogP contribution in [0.1, 0.15) is 24.0 Å². The molecule has 3 aromatic rings. The lowest BCUT2D eigenvalue weighted by molar-refractivity contribution is -0.136. The molecule has 0 aliphatic carbocycles. The third-order valence-corrected chi connectivity index (χ3v) is 7.66. The minimum Gasteiger partial charge on any atom is -0.481 e. The second-order valence-corrected chi connectivity index (χ2v) is 9.61. The van der Waals surface area contributed by atoms with E-state index in [9.17, 15) is 18.3 Å². The van der Waals surface area contributed by atoms with Crippen molar-refractivity contribution in [2.45, 2.75) is 29.8 Å². The predicted molar refractivity (Wildman–Crippen MR) is 114 cm³/mol. The van der Waals surface area contributed by atoms with Crippen molar-refractivity contribution in [2.24, 2.45) is 0 Å². The molecular weight excluding hydrogens is 402 g/mol. The molecule has 0 unspecified atom stereocenters. The second-order valence-electron chi connectivity index (χ2n) is 7.67. The normalized spacial score (nSPS) is 17.1. The summed E-state index contributed by atoms with van der Waals surface area (Å²) >= 11 is 0. The van der Waals surface area contributed by atoms with Crippen LogP contribution in [0.3, 0.4) is 0 Å². The van der Waals surface area contributed by atoms with Gasteiger partial charge in [-0.2, -0.15) is 4.31 Å². The maximum atomic E-state index is 13.2. The summed E-state index contributed by atoms with van der Waals surface area (Å²) in [4.78, 5) is 11.4. The summed E-state index contributed by atoms with van der Waals surface area (Å²) in [6, 6.07) is 19.6. The zero-order valence-corrected chi connectivity index (χ0v) is 17.2. The van der Waals surface area contributed by atoms with Crippen LogP contribution in [-0.2, 0) is 26.8 Å². The average Bonchev–Trinajstić information content (AvgIpc) is 2.73. The van der Waals surface area contributed by atoms with Crippen molar-refractivity contribution >= 4 is 26.8 Å². The largest absolute Gasteiger partial charge is 0.481 e. The van der Waals surface area contributed by atoms with Crippen molar-refractivity contribution in [3.63, 3.8) is 0 Å². The molecule has 4 rings (SSSR count). The molecule has 0 radical (unpaired) electrons. The van der Waals surface area contributed by atoms with Gasteiger partial charge in [-0.05, 0) is 46.9 Å². The van der Waals surface area contributed by atoms with Gasteiger partial charge < -0.3 is 10.2 Å². The van der Waals surface area contributed by atoms with Crippen LogP contribution in [0.25, 0.3) is 10.8 Å². The average molecular weight is 426 g/mol. The van der Waals surface area contributed by atoms with E-state index >= 15 is 0 Å². The Kier molecular flexibility index (Phi) is 5.36. The lowest BCUT2D eigenvalue weighted by atomic mass is 9.82. The van der Waals surface area contributed by atoms with Gasteiger partial charge in [0.1, 0.15) is 0 Å². The first-order valence-corrected chi connectivity index (χ1v) is 11.3. The molecule has 3 aromatic carbocycles. The summed E-state index contributed by atoms with van der Waals surface area (Å²) in [5, 5.41) is 22.2. The van der Waals surface area contributed by atoms with Gasteiger partial charge in [0.15, 0.2) is 0 Å². The molecule has 156 valence electrons. The highest BCUT2D eigenvalue weighted by Gasteiger charge is 2.39. The predicted octanol–water partition coefficient (Wildman–Crippen LogP) is 3.14. The second kappa shape index (κ2) is 7.83. The van der Waals surface area contributed by atoms with Crippen LogP contribution in [-0.4, -0.2) is 42.0 Å². The summed E-state index contributed by atoms with van der Waals surface area (Å²) in [6.45, 7) is 0.320. The first kappa shape index (κ1) is 20.5. The summed E-state index contributed by atoms with van der Waals surface area (Å²) in [5.74, 6) is -0.970. The zero-order valence-electron chi connectivity index (χ0n) is 16.4. The maximum absolute atomic E-state index is 13.2. The molecule has 2 N–H and O–H groups in total. The van der Waals surface area contributed by atoms with Crippen LogP contribution in [0.2, 0.25) is 0 Å². The van der Waals surface area contributed by atoms with Gasteiger partial charge in [0.25, 0.3) is 0 Å². The summed E-state index contributed by atoms with van der Waals surface area (Å²) in [7, 11) is -3.69. The number of carboxylic acids is 1. The van der Waals surface area contributed by atoms with Gasteiger partial charge in [-0.25, -0.2) is 8.42 Å². The van der Waals surface area contributed by atoms with Crippen molar-refractivity contribution in [1.82, 2.24) is 4.31 Å². The van der Waals surface area contributed by atoms with Crippen molar-refractivity contribution < 1.29 is 23.4 Å². The van der Waals surface area contributed by atoms with Gasteiger partial charge in [-0.3, -0.25) is 4.79 Å². The number of aliphatic hydroxyl groups is 1. The minimum absolute atomic E-state index is 0.160.